The Labute approximate surface area is 323 Å². The lowest BCUT2D eigenvalue weighted by molar-refractivity contribution is 0.0273. The number of nitrogens with zero attached hydrogens (tertiary/aromatic N) is 8. The van der Waals surface area contributed by atoms with Crippen molar-refractivity contribution < 1.29 is 43.1 Å². The molecule has 2 N–H and O–H groups in total. The molecule has 53 heavy (non-hydrogen) atoms. The highest BCUT2D eigenvalue weighted by Gasteiger charge is 2.29. The molecule has 0 unspecified atom stereocenters. The third-order valence-electron chi connectivity index (χ3n) is 6.02. The van der Waals surface area contributed by atoms with Gasteiger partial charge in [0.05, 0.1) is 29.0 Å². The van der Waals surface area contributed by atoms with Gasteiger partial charge in [0.2, 0.25) is 0 Å². The molecule has 0 radical (unpaired) electrons. The SMILES string of the molecule is CC(C)OB(OC(C)C)OC(C)C.CN(Cc1nn(C)c(C#N)c1B(O)O)C(=O)OC(C)(C)C.CN(Cc1nn(C)c(C#N)c1Br)C(=O)OC(C)(C)C. The number of amides is 2. The van der Waals surface area contributed by atoms with Gasteiger partial charge >= 0.3 is 26.6 Å². The second-order valence-corrected chi connectivity index (χ2v) is 15.5. The summed E-state index contributed by atoms with van der Waals surface area (Å²) in [7, 11) is 3.95. The summed E-state index contributed by atoms with van der Waals surface area (Å²) >= 11 is 3.32. The van der Waals surface area contributed by atoms with Gasteiger partial charge in [0.15, 0.2) is 5.69 Å². The summed E-state index contributed by atoms with van der Waals surface area (Å²) in [6.45, 7) is 22.7. The molecule has 20 heteroatoms. The monoisotopic (exact) mass is 810 g/mol. The summed E-state index contributed by atoms with van der Waals surface area (Å²) in [5.41, 5.74) is 0.141. The maximum absolute atomic E-state index is 11.9. The zero-order chi connectivity index (χ0) is 41.6. The van der Waals surface area contributed by atoms with Crippen molar-refractivity contribution >= 4 is 48.0 Å². The van der Waals surface area contributed by atoms with Crippen molar-refractivity contribution in [2.75, 3.05) is 14.1 Å². The summed E-state index contributed by atoms with van der Waals surface area (Å²) in [4.78, 5) is 26.4. The molecule has 2 amide bonds. The van der Waals surface area contributed by atoms with Crippen LogP contribution in [0.3, 0.4) is 0 Å². The largest absolute Gasteiger partial charge is 0.639 e. The maximum atomic E-state index is 11.9. The smallest absolute Gasteiger partial charge is 0.444 e. The highest BCUT2D eigenvalue weighted by Crippen LogP contribution is 2.22. The van der Waals surface area contributed by atoms with Crippen molar-refractivity contribution in [1.82, 2.24) is 29.4 Å². The van der Waals surface area contributed by atoms with E-state index in [0.717, 1.165) is 0 Å². The molecule has 0 saturated heterocycles. The number of aryl methyl sites for hydroxylation is 2. The molecule has 0 spiro atoms. The molecule has 0 aliphatic heterocycles. The van der Waals surface area contributed by atoms with E-state index in [9.17, 15) is 19.6 Å². The van der Waals surface area contributed by atoms with Gasteiger partial charge in [-0.2, -0.15) is 20.7 Å². The molecule has 296 valence electrons. The highest BCUT2D eigenvalue weighted by molar-refractivity contribution is 9.10. The second-order valence-electron chi connectivity index (χ2n) is 14.7. The molecule has 0 aromatic carbocycles. The van der Waals surface area contributed by atoms with Crippen molar-refractivity contribution in [1.29, 1.82) is 10.5 Å². The van der Waals surface area contributed by atoms with E-state index >= 15 is 0 Å². The van der Waals surface area contributed by atoms with Gasteiger partial charge in [-0.05, 0) is 99.0 Å². The Morgan fingerprint density at radius 2 is 1.09 bits per heavy atom. The second kappa shape index (κ2) is 21.9. The Kier molecular flexibility index (Phi) is 20.4. The fraction of sp³-hybridized carbons (Fsp3) is 0.697. The molecule has 0 bridgehead atoms. The highest BCUT2D eigenvalue weighted by atomic mass is 79.9. The van der Waals surface area contributed by atoms with E-state index in [-0.39, 0.29) is 48.3 Å². The minimum Gasteiger partial charge on any atom is -0.444 e. The number of rotatable bonds is 11. The van der Waals surface area contributed by atoms with Crippen molar-refractivity contribution in [2.24, 2.45) is 14.1 Å². The first-order valence-corrected chi connectivity index (χ1v) is 17.7. The lowest BCUT2D eigenvalue weighted by Gasteiger charge is -2.24. The molecule has 0 saturated carbocycles. The Hall–Kier alpha value is -3.65. The minimum absolute atomic E-state index is 0.00259. The van der Waals surface area contributed by atoms with E-state index in [1.165, 1.54) is 33.3 Å². The summed E-state index contributed by atoms with van der Waals surface area (Å²) in [6.07, 6.45) is -0.652. The van der Waals surface area contributed by atoms with E-state index in [1.807, 2.05) is 74.5 Å². The zero-order valence-corrected chi connectivity index (χ0v) is 35.6. The third kappa shape index (κ3) is 18.8. The van der Waals surface area contributed by atoms with Crippen LogP contribution in [0.2, 0.25) is 0 Å². The fourth-order valence-electron chi connectivity index (χ4n) is 3.91. The van der Waals surface area contributed by atoms with Crippen molar-refractivity contribution in [3.05, 3.63) is 27.2 Å². The van der Waals surface area contributed by atoms with E-state index in [1.54, 1.807) is 34.9 Å². The van der Waals surface area contributed by atoms with Crippen molar-refractivity contribution in [3.63, 3.8) is 0 Å². The Morgan fingerprint density at radius 3 is 1.40 bits per heavy atom. The van der Waals surface area contributed by atoms with Gasteiger partial charge in [-0.15, -0.1) is 0 Å². The van der Waals surface area contributed by atoms with Crippen LogP contribution in [0.1, 0.15) is 106 Å². The first kappa shape index (κ1) is 49.3. The van der Waals surface area contributed by atoms with E-state index in [2.05, 4.69) is 26.1 Å². The van der Waals surface area contributed by atoms with Crippen LogP contribution in [0.4, 0.5) is 9.59 Å². The van der Waals surface area contributed by atoms with Gasteiger partial charge in [0.25, 0.3) is 0 Å². The summed E-state index contributed by atoms with van der Waals surface area (Å²) in [6, 6.07) is 3.90. The van der Waals surface area contributed by atoms with Crippen molar-refractivity contribution in [2.45, 2.75) is 126 Å². The first-order chi connectivity index (χ1) is 24.1. The van der Waals surface area contributed by atoms with Crippen LogP contribution in [0.5, 0.6) is 0 Å². The molecule has 2 aromatic heterocycles. The third-order valence-corrected chi connectivity index (χ3v) is 6.85. The molecule has 2 aromatic rings. The maximum Gasteiger partial charge on any atom is 0.639 e. The molecule has 2 heterocycles. The van der Waals surface area contributed by atoms with E-state index in [4.69, 9.17) is 34.0 Å². The first-order valence-electron chi connectivity index (χ1n) is 16.9. The van der Waals surface area contributed by atoms with Gasteiger partial charge < -0.3 is 43.3 Å². The van der Waals surface area contributed by atoms with Gasteiger partial charge in [-0.25, -0.2) is 9.59 Å². The Bertz CT molecular complexity index is 1530. The van der Waals surface area contributed by atoms with Crippen LogP contribution in [-0.2, 0) is 50.6 Å². The number of ether oxygens (including phenoxy) is 2. The zero-order valence-electron chi connectivity index (χ0n) is 34.0. The molecule has 0 aliphatic rings. The molecule has 0 aliphatic carbocycles. The fourth-order valence-corrected chi connectivity index (χ4v) is 4.46. The molecular weight excluding hydrogens is 754 g/mol. The quantitative estimate of drug-likeness (QED) is 0.308. The number of halogens is 1. The normalized spacial score (nSPS) is 11.2. The number of nitriles is 2. The topological polar surface area (TPSA) is 210 Å². The summed E-state index contributed by atoms with van der Waals surface area (Å²) < 4.78 is 30.0. The standard InChI is InChI=1S/C12H19BN4O4.C12H17BrN4O2.C9H21BO3/c1-12(2,3)21-11(18)16(4)7-8-10(13(19)20)9(6-14)17(5)15-8;1-12(2,3)19-11(18)16(4)7-8-10(13)9(6-14)17(5)15-8;1-7(2)11-10(12-8(3)4)13-9(5)6/h19-20H,7H2,1-5H3;7H2,1-5H3;7-9H,1-6H3. The lowest BCUT2D eigenvalue weighted by atomic mass is 9.78. The van der Waals surface area contributed by atoms with Crippen LogP contribution in [0.25, 0.3) is 0 Å². The number of hydrogen-bond donors (Lipinski definition) is 2. The van der Waals surface area contributed by atoms with Crippen LogP contribution in [-0.4, -0.2) is 110 Å². The van der Waals surface area contributed by atoms with Crippen LogP contribution < -0.4 is 5.46 Å². The summed E-state index contributed by atoms with van der Waals surface area (Å²) in [5.74, 6) is 0. The van der Waals surface area contributed by atoms with Crippen LogP contribution in [0.15, 0.2) is 4.47 Å². The number of carbonyl (C=O) groups is 2. The van der Waals surface area contributed by atoms with E-state index < -0.39 is 37.8 Å². The van der Waals surface area contributed by atoms with Crippen LogP contribution >= 0.6 is 15.9 Å². The average Bonchev–Trinajstić information content (AvgIpc) is 3.43. The van der Waals surface area contributed by atoms with Crippen molar-refractivity contribution in [3.8, 4) is 12.1 Å². The Morgan fingerprint density at radius 1 is 0.755 bits per heavy atom. The average molecular weight is 811 g/mol. The van der Waals surface area contributed by atoms with Crippen LogP contribution in [0, 0.1) is 22.7 Å². The molecule has 2 rings (SSSR count). The number of aromatic nitrogens is 4. The van der Waals surface area contributed by atoms with Gasteiger partial charge in [0.1, 0.15) is 29.0 Å². The molecule has 0 fully saturated rings. The van der Waals surface area contributed by atoms with E-state index in [0.29, 0.717) is 15.9 Å². The predicted octanol–water partition coefficient (Wildman–Crippen LogP) is 4.01. The Balaban J connectivity index is 0.000000788. The lowest BCUT2D eigenvalue weighted by Crippen LogP contribution is -2.38. The minimum atomic E-state index is -1.84. The number of carbonyl (C=O) groups excluding carboxylic acids is 2. The summed E-state index contributed by atoms with van der Waals surface area (Å²) in [5, 5.41) is 45.0. The van der Waals surface area contributed by atoms with Gasteiger partial charge in [0, 0.05) is 52.0 Å². The van der Waals surface area contributed by atoms with Gasteiger partial charge in [-0.1, -0.05) is 0 Å². The molecular formula is C33H57B2BrN8O9. The molecule has 17 nitrogen and oxygen atoms in total. The molecule has 0 atom stereocenters. The van der Waals surface area contributed by atoms with Gasteiger partial charge in [-0.3, -0.25) is 9.36 Å². The number of hydrogen-bond acceptors (Lipinski definition) is 13. The predicted molar refractivity (Wildman–Crippen MR) is 203 cm³/mol.